The smallest absolute Gasteiger partial charge is 0.109 e. The summed E-state index contributed by atoms with van der Waals surface area (Å²) in [7, 11) is 0. The summed E-state index contributed by atoms with van der Waals surface area (Å²) >= 11 is 0. The molecule has 1 fully saturated rings. The van der Waals surface area contributed by atoms with Crippen LogP contribution in [0.3, 0.4) is 0 Å². The van der Waals surface area contributed by atoms with Crippen molar-refractivity contribution in [1.29, 1.82) is 0 Å². The minimum absolute atomic E-state index is 0.00959. The van der Waals surface area contributed by atoms with Crippen LogP contribution in [0.5, 0.6) is 0 Å². The monoisotopic (exact) mass is 664 g/mol. The summed E-state index contributed by atoms with van der Waals surface area (Å²) in [5, 5.41) is 12.0. The van der Waals surface area contributed by atoms with E-state index in [1.165, 1.54) is 42.8 Å². The first-order valence-electron chi connectivity index (χ1n) is 19.7. The summed E-state index contributed by atoms with van der Waals surface area (Å²) in [5.41, 5.74) is 9.00. The van der Waals surface area contributed by atoms with Crippen LogP contribution in [0.1, 0.15) is 195 Å². The standard InChI is InChI=1S/C42H73N5O/c1-26(2)37-36(34-28(4)27(3)29(34)5)35-33(46(37)40(9,10)11)25-48-45(38(35)39(6,7)8)23-22-42(15,16)30-20-18-17-19-21-32-31(24-30)43-44-47(32)41(12,13)14/h26-30,34,38H,17-25H2,1-16H3. The van der Waals surface area contributed by atoms with E-state index in [4.69, 9.17) is 15.1 Å². The van der Waals surface area contributed by atoms with Crippen LogP contribution in [-0.4, -0.2) is 31.2 Å². The van der Waals surface area contributed by atoms with Gasteiger partial charge in [-0.1, -0.05) is 87.3 Å². The highest BCUT2D eigenvalue weighted by Gasteiger charge is 2.51. The van der Waals surface area contributed by atoms with Gasteiger partial charge in [0.2, 0.25) is 0 Å². The average Bonchev–Trinajstić information content (AvgIpc) is 3.55. The van der Waals surface area contributed by atoms with Crippen LogP contribution in [0.25, 0.3) is 0 Å². The number of hydrogen-bond donors (Lipinski definition) is 0. The van der Waals surface area contributed by atoms with Gasteiger partial charge in [0, 0.05) is 17.8 Å². The maximum Gasteiger partial charge on any atom is 0.109 e. The molecule has 0 spiro atoms. The van der Waals surface area contributed by atoms with Crippen LogP contribution in [0.4, 0.5) is 0 Å². The maximum atomic E-state index is 6.96. The van der Waals surface area contributed by atoms with Gasteiger partial charge in [-0.15, -0.1) is 5.10 Å². The van der Waals surface area contributed by atoms with Crippen LogP contribution < -0.4 is 0 Å². The Kier molecular flexibility index (Phi) is 10.3. The number of nitrogens with zero attached hydrogens (tertiary/aromatic N) is 5. The van der Waals surface area contributed by atoms with Gasteiger partial charge in [0.15, 0.2) is 0 Å². The van der Waals surface area contributed by atoms with E-state index in [0.717, 1.165) is 31.7 Å². The van der Waals surface area contributed by atoms with E-state index in [-0.39, 0.29) is 27.9 Å². The lowest BCUT2D eigenvalue weighted by atomic mass is 9.55. The minimum atomic E-state index is -0.0423. The first kappa shape index (κ1) is 37.6. The maximum absolute atomic E-state index is 6.96. The predicted molar refractivity (Wildman–Crippen MR) is 200 cm³/mol. The van der Waals surface area contributed by atoms with Crippen molar-refractivity contribution in [2.45, 2.75) is 191 Å². The normalized spacial score (nSPS) is 28.0. The van der Waals surface area contributed by atoms with Gasteiger partial charge in [-0.05, 0) is 131 Å². The number of rotatable bonds is 6. The lowest BCUT2D eigenvalue weighted by molar-refractivity contribution is -0.234. The third kappa shape index (κ3) is 6.84. The molecular formula is C42H73N5O. The second-order valence-electron chi connectivity index (χ2n) is 20.4. The first-order valence-corrected chi connectivity index (χ1v) is 19.7. The SMILES string of the molecule is CC(C)c1c(C2C(C)C(C)C2C)c2c(n1C(C)(C)C)CON(CCC(C)(C)C1CCCCCc3c(nnn3C(C)(C)C)C1)C2C(C)(C)C. The molecule has 6 heteroatoms. The summed E-state index contributed by atoms with van der Waals surface area (Å²) in [5.74, 6) is 3.77. The van der Waals surface area contributed by atoms with Crippen molar-refractivity contribution in [2.24, 2.45) is 34.5 Å². The molecule has 6 nitrogen and oxygen atoms in total. The van der Waals surface area contributed by atoms with Gasteiger partial charge in [0.1, 0.15) is 6.61 Å². The van der Waals surface area contributed by atoms with E-state index in [1.807, 2.05) is 0 Å². The Balaban J connectivity index is 1.51. The lowest BCUT2D eigenvalue weighted by Crippen LogP contribution is -2.45. The fourth-order valence-corrected chi connectivity index (χ4v) is 9.97. The average molecular weight is 664 g/mol. The van der Waals surface area contributed by atoms with Gasteiger partial charge in [0.25, 0.3) is 0 Å². The summed E-state index contributed by atoms with van der Waals surface area (Å²) < 4.78 is 4.92. The van der Waals surface area contributed by atoms with Crippen molar-refractivity contribution in [2.75, 3.05) is 6.54 Å². The predicted octanol–water partition coefficient (Wildman–Crippen LogP) is 10.9. The summed E-state index contributed by atoms with van der Waals surface area (Å²) in [6.07, 6.45) is 8.29. The molecule has 4 unspecified atom stereocenters. The number of aromatic nitrogens is 4. The van der Waals surface area contributed by atoms with Gasteiger partial charge >= 0.3 is 0 Å². The Morgan fingerprint density at radius 1 is 0.792 bits per heavy atom. The topological polar surface area (TPSA) is 48.1 Å². The number of hydrogen-bond acceptors (Lipinski definition) is 4. The minimum Gasteiger partial charge on any atom is -0.340 e. The Hall–Kier alpha value is -1.66. The van der Waals surface area contributed by atoms with Crippen LogP contribution in [0.2, 0.25) is 0 Å². The highest BCUT2D eigenvalue weighted by Crippen LogP contribution is 2.59. The number of fused-ring (bicyclic) bond motifs is 2. The summed E-state index contributed by atoms with van der Waals surface area (Å²) in [6, 6.07) is 0.210. The van der Waals surface area contributed by atoms with E-state index in [1.54, 1.807) is 16.8 Å². The molecule has 48 heavy (non-hydrogen) atoms. The molecule has 1 saturated carbocycles. The van der Waals surface area contributed by atoms with Crippen molar-refractivity contribution in [1.82, 2.24) is 24.6 Å². The second-order valence-corrected chi connectivity index (χ2v) is 20.4. The number of hydroxylamine groups is 2. The zero-order valence-electron chi connectivity index (χ0n) is 34.0. The molecule has 0 radical (unpaired) electrons. The van der Waals surface area contributed by atoms with E-state index < -0.39 is 0 Å². The molecule has 272 valence electrons. The van der Waals surface area contributed by atoms with Crippen molar-refractivity contribution < 1.29 is 4.84 Å². The van der Waals surface area contributed by atoms with Crippen molar-refractivity contribution >= 4 is 0 Å². The molecule has 2 aromatic rings. The van der Waals surface area contributed by atoms with Gasteiger partial charge < -0.3 is 4.57 Å². The van der Waals surface area contributed by atoms with Crippen LogP contribution in [0.15, 0.2) is 0 Å². The fourth-order valence-electron chi connectivity index (χ4n) is 9.97. The molecule has 0 saturated heterocycles. The zero-order chi connectivity index (χ0) is 35.7. The first-order chi connectivity index (χ1) is 22.1. The highest BCUT2D eigenvalue weighted by molar-refractivity contribution is 5.48. The molecule has 4 atom stereocenters. The fraction of sp³-hybridized carbons (Fsp3) is 0.857. The molecule has 3 aliphatic rings. The molecule has 0 N–H and O–H groups in total. The third-order valence-electron chi connectivity index (χ3n) is 12.9. The second kappa shape index (κ2) is 13.1. The molecule has 0 amide bonds. The Bertz CT molecular complexity index is 1410. The van der Waals surface area contributed by atoms with E-state index in [0.29, 0.717) is 36.2 Å². The molecule has 0 aromatic carbocycles. The van der Waals surface area contributed by atoms with Crippen LogP contribution in [0, 0.1) is 34.5 Å². The van der Waals surface area contributed by atoms with Crippen LogP contribution >= 0.6 is 0 Å². The summed E-state index contributed by atoms with van der Waals surface area (Å²) in [6.45, 7) is 40.2. The summed E-state index contributed by atoms with van der Waals surface area (Å²) in [4.78, 5) is 6.96. The van der Waals surface area contributed by atoms with Crippen molar-refractivity contribution in [3.8, 4) is 0 Å². The quantitative estimate of drug-likeness (QED) is 0.309. The molecule has 2 aromatic heterocycles. The Morgan fingerprint density at radius 2 is 1.44 bits per heavy atom. The molecule has 2 aliphatic carbocycles. The van der Waals surface area contributed by atoms with Crippen molar-refractivity contribution in [3.05, 3.63) is 33.9 Å². The molecular weight excluding hydrogens is 590 g/mol. The van der Waals surface area contributed by atoms with E-state index in [2.05, 4.69) is 125 Å². The molecule has 5 rings (SSSR count). The molecule has 3 heterocycles. The van der Waals surface area contributed by atoms with Gasteiger partial charge in [-0.3, -0.25) is 4.84 Å². The lowest BCUT2D eigenvalue weighted by Gasteiger charge is -2.51. The van der Waals surface area contributed by atoms with Gasteiger partial charge in [0.05, 0.1) is 28.7 Å². The van der Waals surface area contributed by atoms with Crippen molar-refractivity contribution in [3.63, 3.8) is 0 Å². The Morgan fingerprint density at radius 3 is 2.00 bits per heavy atom. The molecule has 0 bridgehead atoms. The van der Waals surface area contributed by atoms with Gasteiger partial charge in [-0.25, -0.2) is 4.68 Å². The van der Waals surface area contributed by atoms with E-state index >= 15 is 0 Å². The van der Waals surface area contributed by atoms with Gasteiger partial charge in [-0.2, -0.15) is 5.06 Å². The largest absolute Gasteiger partial charge is 0.340 e. The zero-order valence-corrected chi connectivity index (χ0v) is 34.0. The van der Waals surface area contributed by atoms with Crippen LogP contribution in [-0.2, 0) is 35.4 Å². The highest BCUT2D eigenvalue weighted by atomic mass is 16.7. The third-order valence-corrected chi connectivity index (χ3v) is 12.9. The molecule has 1 aliphatic heterocycles. The van der Waals surface area contributed by atoms with E-state index in [9.17, 15) is 0 Å². The Labute approximate surface area is 295 Å².